The highest BCUT2D eigenvalue weighted by Crippen LogP contribution is 2.44. The molecule has 0 aliphatic carbocycles. The van der Waals surface area contributed by atoms with E-state index in [1.165, 1.54) is 26.4 Å². The Hall–Kier alpha value is -3.59. The van der Waals surface area contributed by atoms with Crippen LogP contribution in [0.15, 0.2) is 60.7 Å². The molecule has 0 unspecified atom stereocenters. The second kappa shape index (κ2) is 10.8. The van der Waals surface area contributed by atoms with Crippen LogP contribution in [0.25, 0.3) is 0 Å². The van der Waals surface area contributed by atoms with Crippen LogP contribution in [0.4, 0.5) is 17.6 Å². The predicted octanol–water partition coefficient (Wildman–Crippen LogP) is 5.62. The molecule has 3 aromatic rings. The summed E-state index contributed by atoms with van der Waals surface area (Å²) < 4.78 is 66.2. The number of hydrogen-bond donors (Lipinski definition) is 1. The Labute approximate surface area is 212 Å². The lowest BCUT2D eigenvalue weighted by Crippen LogP contribution is -2.44. The van der Waals surface area contributed by atoms with Crippen LogP contribution in [-0.2, 0) is 23.8 Å². The highest BCUT2D eigenvalue weighted by atomic mass is 19.4. The van der Waals surface area contributed by atoms with Crippen molar-refractivity contribution in [2.45, 2.75) is 37.5 Å². The molecular weight excluding hydrogens is 488 g/mol. The Morgan fingerprint density at radius 3 is 2.35 bits per heavy atom. The molecule has 0 radical (unpaired) electrons. The van der Waals surface area contributed by atoms with Gasteiger partial charge in [0.25, 0.3) is 0 Å². The largest absolute Gasteiger partial charge is 0.493 e. The zero-order valence-corrected chi connectivity index (χ0v) is 20.5. The lowest BCUT2D eigenvalue weighted by molar-refractivity contribution is -0.140. The van der Waals surface area contributed by atoms with Crippen molar-refractivity contribution in [3.05, 3.63) is 94.3 Å². The maximum Gasteiger partial charge on any atom is 0.419 e. The predicted molar refractivity (Wildman–Crippen MR) is 131 cm³/mol. The first-order chi connectivity index (χ1) is 17.7. The molecule has 9 heteroatoms. The van der Waals surface area contributed by atoms with Crippen molar-refractivity contribution >= 4 is 5.91 Å². The molecule has 1 amide bonds. The van der Waals surface area contributed by atoms with Crippen LogP contribution >= 0.6 is 0 Å². The smallest absolute Gasteiger partial charge is 0.419 e. The topological polar surface area (TPSA) is 64.8 Å². The maximum absolute atomic E-state index is 14.2. The molecule has 0 fully saturated rings. The first kappa shape index (κ1) is 26.5. The van der Waals surface area contributed by atoms with Crippen molar-refractivity contribution < 1.29 is 31.8 Å². The molecule has 5 nitrogen and oxygen atoms in total. The first-order valence-corrected chi connectivity index (χ1v) is 11.8. The summed E-state index contributed by atoms with van der Waals surface area (Å²) in [6.07, 6.45) is -4.15. The lowest BCUT2D eigenvalue weighted by atomic mass is 9.85. The minimum Gasteiger partial charge on any atom is -0.493 e. The summed E-state index contributed by atoms with van der Waals surface area (Å²) in [6.45, 7) is 0.435. The average Bonchev–Trinajstić information content (AvgIpc) is 2.86. The van der Waals surface area contributed by atoms with E-state index in [0.717, 1.165) is 17.2 Å². The summed E-state index contributed by atoms with van der Waals surface area (Å²) in [5.41, 5.74) is 6.88. The molecule has 2 atom stereocenters. The van der Waals surface area contributed by atoms with E-state index in [1.54, 1.807) is 30.3 Å². The van der Waals surface area contributed by atoms with Crippen molar-refractivity contribution in [2.75, 3.05) is 20.8 Å². The van der Waals surface area contributed by atoms with Gasteiger partial charge in [0.2, 0.25) is 5.91 Å². The average molecular weight is 517 g/mol. The fourth-order valence-electron chi connectivity index (χ4n) is 5.22. The number of rotatable bonds is 8. The Kier molecular flexibility index (Phi) is 7.73. The molecule has 0 bridgehead atoms. The van der Waals surface area contributed by atoms with Crippen molar-refractivity contribution in [1.82, 2.24) is 4.90 Å². The highest BCUT2D eigenvalue weighted by molar-refractivity contribution is 5.81. The molecule has 4 rings (SSSR count). The van der Waals surface area contributed by atoms with E-state index in [2.05, 4.69) is 0 Å². The van der Waals surface area contributed by atoms with Gasteiger partial charge in [0.05, 0.1) is 19.8 Å². The number of hydrogen-bond acceptors (Lipinski definition) is 4. The minimum atomic E-state index is -4.83. The molecule has 0 spiro atoms. The lowest BCUT2D eigenvalue weighted by Gasteiger charge is -2.42. The molecule has 196 valence electrons. The van der Waals surface area contributed by atoms with Crippen molar-refractivity contribution in [1.29, 1.82) is 0 Å². The summed E-state index contributed by atoms with van der Waals surface area (Å²) in [4.78, 5) is 14.6. The number of amides is 1. The Morgan fingerprint density at radius 2 is 1.73 bits per heavy atom. The number of aryl methyl sites for hydroxylation is 1. The Morgan fingerprint density at radius 1 is 1.05 bits per heavy atom. The number of carbonyl (C=O) groups is 1. The molecule has 1 aliphatic rings. The Balaban J connectivity index is 1.80. The molecule has 0 saturated carbocycles. The van der Waals surface area contributed by atoms with E-state index >= 15 is 0 Å². The molecule has 37 heavy (non-hydrogen) atoms. The van der Waals surface area contributed by atoms with Crippen LogP contribution in [0.2, 0.25) is 0 Å². The number of benzene rings is 3. The van der Waals surface area contributed by atoms with Crippen LogP contribution in [0.3, 0.4) is 0 Å². The van der Waals surface area contributed by atoms with Gasteiger partial charge in [-0.15, -0.1) is 0 Å². The van der Waals surface area contributed by atoms with Gasteiger partial charge in [0, 0.05) is 12.6 Å². The third-order valence-electron chi connectivity index (χ3n) is 6.83. The molecule has 1 heterocycles. The summed E-state index contributed by atoms with van der Waals surface area (Å²) in [6, 6.07) is 14.7. The van der Waals surface area contributed by atoms with E-state index in [9.17, 15) is 22.4 Å². The normalized spacial score (nSPS) is 16.6. The van der Waals surface area contributed by atoms with Gasteiger partial charge in [-0.25, -0.2) is 4.39 Å². The van der Waals surface area contributed by atoms with Gasteiger partial charge in [-0.2, -0.15) is 13.2 Å². The monoisotopic (exact) mass is 516 g/mol. The third kappa shape index (κ3) is 5.41. The summed E-state index contributed by atoms with van der Waals surface area (Å²) in [5, 5.41) is 0. The highest BCUT2D eigenvalue weighted by Gasteiger charge is 2.39. The van der Waals surface area contributed by atoms with Gasteiger partial charge < -0.3 is 15.2 Å². The number of fused-ring (bicyclic) bond motifs is 1. The van der Waals surface area contributed by atoms with Gasteiger partial charge >= 0.3 is 6.18 Å². The summed E-state index contributed by atoms with van der Waals surface area (Å²) >= 11 is 0. The first-order valence-electron chi connectivity index (χ1n) is 11.8. The second-order valence-electron chi connectivity index (χ2n) is 8.94. The second-order valence-corrected chi connectivity index (χ2v) is 8.94. The zero-order chi connectivity index (χ0) is 26.7. The van der Waals surface area contributed by atoms with Gasteiger partial charge in [0.15, 0.2) is 11.5 Å². The number of nitrogens with zero attached hydrogens (tertiary/aromatic N) is 1. The van der Waals surface area contributed by atoms with Crippen molar-refractivity contribution in [2.24, 2.45) is 5.73 Å². The van der Waals surface area contributed by atoms with Crippen LogP contribution in [0.1, 0.15) is 46.3 Å². The summed E-state index contributed by atoms with van der Waals surface area (Å²) in [5.74, 6) is -0.879. The van der Waals surface area contributed by atoms with E-state index in [0.29, 0.717) is 30.0 Å². The number of alkyl halides is 3. The fourth-order valence-corrected chi connectivity index (χ4v) is 5.22. The summed E-state index contributed by atoms with van der Waals surface area (Å²) in [7, 11) is 3.02. The van der Waals surface area contributed by atoms with Crippen molar-refractivity contribution in [3.63, 3.8) is 0 Å². The number of carbonyl (C=O) groups excluding carboxylic acids is 1. The van der Waals surface area contributed by atoms with Gasteiger partial charge in [-0.1, -0.05) is 42.5 Å². The van der Waals surface area contributed by atoms with Gasteiger partial charge in [-0.3, -0.25) is 9.69 Å². The Bertz CT molecular complexity index is 1260. The molecular formula is C28H28F4N2O3. The minimum absolute atomic E-state index is 0.0676. The number of methoxy groups -OCH3 is 2. The quantitative estimate of drug-likeness (QED) is 0.395. The number of nitrogens with two attached hydrogens (primary N) is 1. The molecule has 3 aromatic carbocycles. The van der Waals surface area contributed by atoms with Gasteiger partial charge in [0.1, 0.15) is 11.9 Å². The molecule has 2 N–H and O–H groups in total. The van der Waals surface area contributed by atoms with Crippen LogP contribution in [-0.4, -0.2) is 31.6 Å². The number of primary amides is 1. The molecule has 0 saturated heterocycles. The van der Waals surface area contributed by atoms with Gasteiger partial charge in [-0.05, 0) is 59.7 Å². The van der Waals surface area contributed by atoms with E-state index in [-0.39, 0.29) is 18.4 Å². The number of ether oxygens (including phenoxy) is 2. The molecule has 1 aliphatic heterocycles. The standard InChI is InChI=1S/C28H28F4N2O3/c1-36-23-15-19-13-14-34(26(27(33)35)18-7-4-3-5-8-18)22(20(19)16-24(23)37-2)12-11-17-9-6-10-21(29)25(17)28(30,31)32/h3-10,15-16,22,26H,11-14H2,1-2H3,(H2,33,35)/t22-,26+/m0/s1. The fraction of sp³-hybridized carbons (Fsp3) is 0.321. The van der Waals surface area contributed by atoms with Crippen LogP contribution in [0, 0.1) is 5.82 Å². The van der Waals surface area contributed by atoms with E-state index in [1.807, 2.05) is 17.0 Å². The third-order valence-corrected chi connectivity index (χ3v) is 6.83. The SMILES string of the molecule is COc1cc2c(cc1OC)[C@H](CCc1cccc(F)c1C(F)(F)F)N([C@@H](C(N)=O)c1ccccc1)CC2. The van der Waals surface area contributed by atoms with E-state index in [4.69, 9.17) is 15.2 Å². The maximum atomic E-state index is 14.2. The number of halogens is 4. The van der Waals surface area contributed by atoms with Crippen LogP contribution < -0.4 is 15.2 Å². The molecule has 0 aromatic heterocycles. The van der Waals surface area contributed by atoms with Crippen molar-refractivity contribution in [3.8, 4) is 11.5 Å². The van der Waals surface area contributed by atoms with Crippen LogP contribution in [0.5, 0.6) is 11.5 Å². The van der Waals surface area contributed by atoms with E-state index < -0.39 is 35.5 Å². The zero-order valence-electron chi connectivity index (χ0n) is 20.5.